The van der Waals surface area contributed by atoms with Crippen LogP contribution in [0.2, 0.25) is 0 Å². The molecule has 0 radical (unpaired) electrons. The fourth-order valence-corrected chi connectivity index (χ4v) is 1.87. The first kappa shape index (κ1) is 11.9. The number of hydrogen-bond donors (Lipinski definition) is 2. The monoisotopic (exact) mass is 202 g/mol. The van der Waals surface area contributed by atoms with Crippen molar-refractivity contribution in [2.75, 3.05) is 32.8 Å². The smallest absolute Gasteiger partial charge is 0.0756 e. The van der Waals surface area contributed by atoms with E-state index in [1.165, 1.54) is 0 Å². The van der Waals surface area contributed by atoms with E-state index in [-0.39, 0.29) is 0 Å². The van der Waals surface area contributed by atoms with Crippen LogP contribution >= 0.6 is 0 Å². The average molecular weight is 202 g/mol. The molecule has 1 heterocycles. The molecule has 1 fully saturated rings. The van der Waals surface area contributed by atoms with E-state index in [4.69, 9.17) is 10.5 Å². The van der Waals surface area contributed by atoms with Gasteiger partial charge in [0.05, 0.1) is 18.8 Å². The third kappa shape index (κ3) is 3.53. The molecule has 0 bridgehead atoms. The Morgan fingerprint density at radius 3 is 2.57 bits per heavy atom. The molecule has 3 N–H and O–H groups in total. The van der Waals surface area contributed by atoms with Crippen LogP contribution in [-0.4, -0.2) is 54.5 Å². The van der Waals surface area contributed by atoms with Crippen LogP contribution in [0.5, 0.6) is 0 Å². The van der Waals surface area contributed by atoms with Crippen molar-refractivity contribution in [2.24, 2.45) is 5.73 Å². The van der Waals surface area contributed by atoms with E-state index in [9.17, 15) is 5.11 Å². The highest BCUT2D eigenvalue weighted by atomic mass is 16.5. The second-order valence-corrected chi connectivity index (χ2v) is 4.40. The maximum absolute atomic E-state index is 9.84. The van der Waals surface area contributed by atoms with Gasteiger partial charge in [-0.05, 0) is 20.3 Å². The first-order valence-corrected chi connectivity index (χ1v) is 5.29. The molecule has 1 aliphatic rings. The van der Waals surface area contributed by atoms with Crippen LogP contribution in [0.1, 0.15) is 20.3 Å². The maximum atomic E-state index is 9.84. The second-order valence-electron chi connectivity index (χ2n) is 4.40. The lowest BCUT2D eigenvalue weighted by molar-refractivity contribution is -0.0124. The summed E-state index contributed by atoms with van der Waals surface area (Å²) in [7, 11) is 0. The highest BCUT2D eigenvalue weighted by Gasteiger charge is 2.25. The minimum atomic E-state index is -0.738. The predicted molar refractivity (Wildman–Crippen MR) is 56.1 cm³/mol. The third-order valence-corrected chi connectivity index (χ3v) is 2.84. The standard InChI is InChI=1S/C10H22N2O2/c1-9(7-10(2,13)8-11)12-3-5-14-6-4-12/h9,13H,3-8,11H2,1-2H3. The molecule has 4 nitrogen and oxygen atoms in total. The summed E-state index contributed by atoms with van der Waals surface area (Å²) in [5, 5.41) is 9.84. The molecular formula is C10H22N2O2. The Bertz CT molecular complexity index is 168. The lowest BCUT2D eigenvalue weighted by Gasteiger charge is -2.35. The van der Waals surface area contributed by atoms with Crippen molar-refractivity contribution in [2.45, 2.75) is 31.9 Å². The molecule has 14 heavy (non-hydrogen) atoms. The molecule has 1 aliphatic heterocycles. The largest absolute Gasteiger partial charge is 0.389 e. The van der Waals surface area contributed by atoms with Crippen molar-refractivity contribution in [1.82, 2.24) is 4.90 Å². The summed E-state index contributed by atoms with van der Waals surface area (Å²) < 4.78 is 5.28. The van der Waals surface area contributed by atoms with Gasteiger partial charge in [-0.25, -0.2) is 0 Å². The van der Waals surface area contributed by atoms with Crippen LogP contribution in [0, 0.1) is 0 Å². The van der Waals surface area contributed by atoms with Crippen LogP contribution in [-0.2, 0) is 4.74 Å². The van der Waals surface area contributed by atoms with E-state index in [0.717, 1.165) is 32.7 Å². The van der Waals surface area contributed by atoms with Gasteiger partial charge in [-0.15, -0.1) is 0 Å². The SMILES string of the molecule is CC(CC(C)(O)CN)N1CCOCC1. The number of ether oxygens (including phenoxy) is 1. The summed E-state index contributed by atoms with van der Waals surface area (Å²) in [6, 6.07) is 0.373. The first-order valence-electron chi connectivity index (χ1n) is 5.29. The lowest BCUT2D eigenvalue weighted by Crippen LogP contribution is -2.47. The normalized spacial score (nSPS) is 25.7. The third-order valence-electron chi connectivity index (χ3n) is 2.84. The molecule has 0 spiro atoms. The Kier molecular flexibility index (Phi) is 4.31. The van der Waals surface area contributed by atoms with Gasteiger partial charge >= 0.3 is 0 Å². The molecule has 1 rings (SSSR count). The van der Waals surface area contributed by atoms with Crippen LogP contribution in [0.4, 0.5) is 0 Å². The van der Waals surface area contributed by atoms with E-state index in [0.29, 0.717) is 12.6 Å². The predicted octanol–water partition coefficient (Wildman–Crippen LogP) is -0.193. The molecule has 2 unspecified atom stereocenters. The quantitative estimate of drug-likeness (QED) is 0.663. The minimum Gasteiger partial charge on any atom is -0.389 e. The number of aliphatic hydroxyl groups is 1. The molecule has 4 heteroatoms. The van der Waals surface area contributed by atoms with E-state index >= 15 is 0 Å². The second kappa shape index (κ2) is 5.07. The molecule has 1 saturated heterocycles. The molecule has 0 saturated carbocycles. The summed E-state index contributed by atoms with van der Waals surface area (Å²) in [4.78, 5) is 2.34. The minimum absolute atomic E-state index is 0.321. The van der Waals surface area contributed by atoms with Gasteiger partial charge in [0.25, 0.3) is 0 Å². The summed E-state index contributed by atoms with van der Waals surface area (Å²) in [6.45, 7) is 7.77. The summed E-state index contributed by atoms with van der Waals surface area (Å²) in [5.41, 5.74) is 4.75. The van der Waals surface area contributed by atoms with Gasteiger partial charge < -0.3 is 15.6 Å². The number of nitrogens with zero attached hydrogens (tertiary/aromatic N) is 1. The van der Waals surface area contributed by atoms with Crippen molar-refractivity contribution < 1.29 is 9.84 Å². The van der Waals surface area contributed by atoms with E-state index < -0.39 is 5.60 Å². The van der Waals surface area contributed by atoms with Gasteiger partial charge in [0.15, 0.2) is 0 Å². The van der Waals surface area contributed by atoms with Gasteiger partial charge in [0.1, 0.15) is 0 Å². The van der Waals surface area contributed by atoms with Gasteiger partial charge in [0.2, 0.25) is 0 Å². The highest BCUT2D eigenvalue weighted by Crippen LogP contribution is 2.15. The topological polar surface area (TPSA) is 58.7 Å². The first-order chi connectivity index (χ1) is 6.55. The van der Waals surface area contributed by atoms with Crippen molar-refractivity contribution in [3.05, 3.63) is 0 Å². The molecule has 0 aromatic carbocycles. The highest BCUT2D eigenvalue weighted by molar-refractivity contribution is 4.81. The van der Waals surface area contributed by atoms with Gasteiger partial charge in [-0.1, -0.05) is 0 Å². The molecule has 0 aromatic rings. The molecule has 2 atom stereocenters. The lowest BCUT2D eigenvalue weighted by atomic mass is 9.97. The Morgan fingerprint density at radius 1 is 1.50 bits per heavy atom. The number of hydrogen-bond acceptors (Lipinski definition) is 4. The van der Waals surface area contributed by atoms with Crippen molar-refractivity contribution >= 4 is 0 Å². The number of morpholine rings is 1. The van der Waals surface area contributed by atoms with Gasteiger partial charge in [0, 0.05) is 25.7 Å². The fourth-order valence-electron chi connectivity index (χ4n) is 1.87. The maximum Gasteiger partial charge on any atom is 0.0756 e. The van der Waals surface area contributed by atoms with Crippen LogP contribution in [0.25, 0.3) is 0 Å². The van der Waals surface area contributed by atoms with Crippen molar-refractivity contribution in [3.8, 4) is 0 Å². The molecule has 0 aliphatic carbocycles. The van der Waals surface area contributed by atoms with Gasteiger partial charge in [-0.2, -0.15) is 0 Å². The Hall–Kier alpha value is -0.160. The van der Waals surface area contributed by atoms with Crippen LogP contribution in [0.3, 0.4) is 0 Å². The van der Waals surface area contributed by atoms with Crippen LogP contribution in [0.15, 0.2) is 0 Å². The average Bonchev–Trinajstić information content (AvgIpc) is 2.19. The Labute approximate surface area is 86.0 Å². The summed E-state index contributed by atoms with van der Waals surface area (Å²) >= 11 is 0. The Morgan fingerprint density at radius 2 is 2.07 bits per heavy atom. The Balaban J connectivity index is 2.36. The van der Waals surface area contributed by atoms with Crippen molar-refractivity contribution in [1.29, 1.82) is 0 Å². The van der Waals surface area contributed by atoms with E-state index in [1.54, 1.807) is 6.92 Å². The van der Waals surface area contributed by atoms with Crippen LogP contribution < -0.4 is 5.73 Å². The van der Waals surface area contributed by atoms with E-state index in [2.05, 4.69) is 11.8 Å². The summed E-state index contributed by atoms with van der Waals surface area (Å²) in [5.74, 6) is 0. The summed E-state index contributed by atoms with van der Waals surface area (Å²) in [6.07, 6.45) is 0.726. The molecule has 84 valence electrons. The molecule has 0 amide bonds. The van der Waals surface area contributed by atoms with E-state index in [1.807, 2.05) is 0 Å². The fraction of sp³-hybridized carbons (Fsp3) is 1.00. The number of rotatable bonds is 4. The molecular weight excluding hydrogens is 180 g/mol. The zero-order chi connectivity index (χ0) is 10.6. The zero-order valence-electron chi connectivity index (χ0n) is 9.20. The number of nitrogens with two attached hydrogens (primary N) is 1. The zero-order valence-corrected chi connectivity index (χ0v) is 9.20. The molecule has 0 aromatic heterocycles. The van der Waals surface area contributed by atoms with Gasteiger partial charge in [-0.3, -0.25) is 4.90 Å². The van der Waals surface area contributed by atoms with Crippen molar-refractivity contribution in [3.63, 3.8) is 0 Å².